The maximum absolute atomic E-state index is 11.9. The van der Waals surface area contributed by atoms with Crippen LogP contribution in [0, 0.1) is 2.88 Å². The Balaban J connectivity index is 1.90. The molecule has 0 aliphatic rings. The van der Waals surface area contributed by atoms with E-state index in [4.69, 9.17) is 6.11 Å². The molecule has 0 saturated carbocycles. The van der Waals surface area contributed by atoms with Gasteiger partial charge in [-0.05, 0) is 44.6 Å². The molecule has 0 radical (unpaired) electrons. The van der Waals surface area contributed by atoms with Crippen LogP contribution in [-0.4, -0.2) is 29.1 Å². The normalized spacial score (nSPS) is 11.6. The van der Waals surface area contributed by atoms with Gasteiger partial charge in [-0.15, -0.1) is 4.68 Å². The predicted octanol–water partition coefficient (Wildman–Crippen LogP) is 1.06. The summed E-state index contributed by atoms with van der Waals surface area (Å²) in [6, 6.07) is 0. The van der Waals surface area contributed by atoms with Crippen molar-refractivity contribution >= 4 is 45.5 Å². The second kappa shape index (κ2) is 5.57. The molecule has 0 aliphatic heterocycles. The average molecular weight is 424 g/mol. The monoisotopic (exact) mass is 424 g/mol. The van der Waals surface area contributed by atoms with Crippen LogP contribution in [0.1, 0.15) is 6.93 Å². The number of hydrogen-bond donors (Lipinski definition) is 0. The van der Waals surface area contributed by atoms with Crippen LogP contribution in [0.4, 0.5) is 0 Å². The summed E-state index contributed by atoms with van der Waals surface area (Å²) in [6.45, 7) is 0.195. The molecule has 0 aliphatic carbocycles. The number of hydrogen-bond acceptors (Lipinski definition) is 8. The topological polar surface area (TPSA) is 87.7 Å². The number of ether oxygens (including phenoxy) is 1. The van der Waals surface area contributed by atoms with Gasteiger partial charge in [-0.3, -0.25) is 0 Å². The van der Waals surface area contributed by atoms with Crippen LogP contribution >= 0.6 is 45.5 Å². The third-order valence-electron chi connectivity index (χ3n) is 2.35. The van der Waals surface area contributed by atoms with Crippen LogP contribution in [-0.2, 0) is 13.7 Å². The smallest absolute Gasteiger partial charge is 0.369 e. The number of tetrazole rings is 1. The van der Waals surface area contributed by atoms with Crippen LogP contribution in [0.2, 0.25) is 0 Å². The minimum Gasteiger partial charge on any atom is -0.465 e. The predicted molar refractivity (Wildman–Crippen MR) is 81.4 cm³/mol. The number of aromatic nitrogens is 6. The van der Waals surface area contributed by atoms with Gasteiger partial charge in [0.2, 0.25) is 0 Å². The molecular weight excluding hydrogens is 415 g/mol. The summed E-state index contributed by atoms with van der Waals surface area (Å²) < 4.78 is 20.3. The summed E-state index contributed by atoms with van der Waals surface area (Å²) in [6.07, 6.45) is 0.165. The first-order valence-electron chi connectivity index (χ1n) is 5.74. The average Bonchev–Trinajstić information content (AvgIpc) is 3.11. The zero-order valence-electron chi connectivity index (χ0n) is 11.0. The van der Waals surface area contributed by atoms with E-state index in [2.05, 4.69) is 42.4 Å². The van der Waals surface area contributed by atoms with E-state index in [1.807, 2.05) is 0 Å². The molecule has 0 unspecified atom stereocenters. The minimum absolute atomic E-state index is 0.165. The van der Waals surface area contributed by atoms with Gasteiger partial charge in [0.05, 0.1) is 9.82 Å². The fourth-order valence-electron chi connectivity index (χ4n) is 1.40. The second-order valence-electron chi connectivity index (χ2n) is 3.59. The van der Waals surface area contributed by atoms with Crippen molar-refractivity contribution in [3.63, 3.8) is 0 Å². The van der Waals surface area contributed by atoms with E-state index < -0.39 is 0 Å². The summed E-state index contributed by atoms with van der Waals surface area (Å²) in [7, 11) is 1.52. The van der Waals surface area contributed by atoms with Gasteiger partial charge >= 0.3 is 5.69 Å². The lowest BCUT2D eigenvalue weighted by Crippen LogP contribution is -2.23. The lowest BCUT2D eigenvalue weighted by molar-refractivity contribution is 0.303. The molecule has 0 aromatic carbocycles. The number of nitrogens with zero attached hydrogens (tertiary/aromatic N) is 6. The van der Waals surface area contributed by atoms with Crippen molar-refractivity contribution in [2.75, 3.05) is 0 Å². The zero-order valence-corrected chi connectivity index (χ0v) is 13.8. The molecule has 0 atom stereocenters. The number of thiazole rings is 1. The van der Waals surface area contributed by atoms with Gasteiger partial charge in [0.15, 0.2) is 5.82 Å². The highest BCUT2D eigenvalue weighted by molar-refractivity contribution is 14.1. The van der Waals surface area contributed by atoms with Crippen molar-refractivity contribution in [3.05, 3.63) is 30.5 Å². The Bertz CT molecular complexity index is 840. The largest absolute Gasteiger partial charge is 0.465 e. The Kier molecular flexibility index (Phi) is 3.46. The van der Waals surface area contributed by atoms with Gasteiger partial charge in [0, 0.05) is 18.6 Å². The van der Waals surface area contributed by atoms with Crippen LogP contribution in [0.5, 0.6) is 5.19 Å². The Labute approximate surface area is 135 Å². The third kappa shape index (κ3) is 2.47. The lowest BCUT2D eigenvalue weighted by Gasteiger charge is -2.03. The molecule has 0 fully saturated rings. The van der Waals surface area contributed by atoms with Gasteiger partial charge in [0.1, 0.15) is 6.61 Å². The molecular formula is C9H7IN6O2S2. The minimum atomic E-state index is -0.374. The van der Waals surface area contributed by atoms with Crippen LogP contribution in [0.3, 0.4) is 0 Å². The summed E-state index contributed by atoms with van der Waals surface area (Å²) >= 11 is 4.62. The van der Waals surface area contributed by atoms with E-state index in [1.54, 1.807) is 5.38 Å². The van der Waals surface area contributed by atoms with Crippen molar-refractivity contribution in [2.45, 2.75) is 6.61 Å². The molecule has 8 nitrogen and oxygen atoms in total. The van der Waals surface area contributed by atoms with Crippen molar-refractivity contribution in [2.24, 2.45) is 7.05 Å². The molecule has 3 heterocycles. The van der Waals surface area contributed by atoms with Crippen molar-refractivity contribution < 1.29 is 6.11 Å². The van der Waals surface area contributed by atoms with E-state index in [0.29, 0.717) is 11.0 Å². The van der Waals surface area contributed by atoms with Crippen molar-refractivity contribution in [1.29, 1.82) is 0 Å². The number of halogens is 1. The molecule has 11 heteroatoms. The Morgan fingerprint density at radius 2 is 2.40 bits per heavy atom. The summed E-state index contributed by atoms with van der Waals surface area (Å²) in [5, 5.41) is 9.43. The van der Waals surface area contributed by atoms with Crippen LogP contribution < -0.4 is 10.4 Å². The zero-order chi connectivity index (χ0) is 15.0. The molecule has 20 heavy (non-hydrogen) atoms. The maximum atomic E-state index is 11.9. The molecule has 0 bridgehead atoms. The molecule has 104 valence electrons. The fraction of sp³-hybridized carbons (Fsp3) is 0.222. The standard InChI is InChI=1S/C9H7IN6O2S2/c1-15-9(17)16(14-13-15)7-5(6(10)20-12-7)4-18-8-11-2-3-19-8/h2-3H,4H2,1H3/i2T. The van der Waals surface area contributed by atoms with Gasteiger partial charge in [-0.25, -0.2) is 9.78 Å². The number of aryl methyl sites for hydroxylation is 1. The number of rotatable bonds is 4. The molecule has 3 aromatic heterocycles. The van der Waals surface area contributed by atoms with Gasteiger partial charge < -0.3 is 4.74 Å². The van der Waals surface area contributed by atoms with E-state index in [0.717, 1.165) is 17.8 Å². The quantitative estimate of drug-likeness (QED) is 0.583. The summed E-state index contributed by atoms with van der Waals surface area (Å²) in [5.74, 6) is 0.408. The van der Waals surface area contributed by atoms with Crippen molar-refractivity contribution in [1.82, 2.24) is 29.1 Å². The van der Waals surface area contributed by atoms with E-state index >= 15 is 0 Å². The highest BCUT2D eigenvalue weighted by Crippen LogP contribution is 2.25. The first-order chi connectivity index (χ1) is 10.1. The highest BCUT2D eigenvalue weighted by atomic mass is 127. The van der Waals surface area contributed by atoms with Crippen molar-refractivity contribution in [3.8, 4) is 11.0 Å². The Morgan fingerprint density at radius 1 is 1.55 bits per heavy atom. The molecule has 3 rings (SSSR count). The van der Waals surface area contributed by atoms with Crippen LogP contribution in [0.15, 0.2) is 16.3 Å². The highest BCUT2D eigenvalue weighted by Gasteiger charge is 2.18. The SMILES string of the molecule is [3H]c1csc(OCc2c(-n3nnn(C)c3=O)nsc2I)n1. The van der Waals surface area contributed by atoms with Crippen LogP contribution in [0.25, 0.3) is 5.82 Å². The van der Waals surface area contributed by atoms with Gasteiger partial charge in [-0.2, -0.15) is 9.06 Å². The van der Waals surface area contributed by atoms with E-state index in [1.165, 1.54) is 29.9 Å². The molecule has 0 spiro atoms. The molecule has 0 N–H and O–H groups in total. The third-order valence-corrected chi connectivity index (χ3v) is 4.90. The van der Waals surface area contributed by atoms with E-state index in [-0.39, 0.29) is 18.5 Å². The first kappa shape index (κ1) is 12.4. The molecule has 0 amide bonds. The van der Waals surface area contributed by atoms with E-state index in [9.17, 15) is 4.79 Å². The molecule has 3 aromatic rings. The molecule has 0 saturated heterocycles. The lowest BCUT2D eigenvalue weighted by atomic mass is 10.3. The fourth-order valence-corrected chi connectivity index (χ4v) is 3.14. The summed E-state index contributed by atoms with van der Waals surface area (Å²) in [4.78, 5) is 15.8. The van der Waals surface area contributed by atoms with Gasteiger partial charge in [0.25, 0.3) is 5.19 Å². The Hall–Kier alpha value is -1.34. The second-order valence-corrected chi connectivity index (χ2v) is 6.99. The first-order valence-corrected chi connectivity index (χ1v) is 7.98. The maximum Gasteiger partial charge on any atom is 0.369 e. The van der Waals surface area contributed by atoms with Gasteiger partial charge in [-0.1, -0.05) is 11.3 Å². The summed E-state index contributed by atoms with van der Waals surface area (Å²) in [5.41, 5.74) is 0.366. The Morgan fingerprint density at radius 3 is 3.05 bits per heavy atom.